The summed E-state index contributed by atoms with van der Waals surface area (Å²) in [7, 11) is 0. The number of benzene rings is 2. The molecule has 44 heavy (non-hydrogen) atoms. The maximum Gasteiger partial charge on any atom is 0.416 e. The maximum absolute atomic E-state index is 13.2. The lowest BCUT2D eigenvalue weighted by Crippen LogP contribution is -2.37. The van der Waals surface area contributed by atoms with Crippen LogP contribution in [0.1, 0.15) is 21.5 Å². The second-order valence-corrected chi connectivity index (χ2v) is 10.1. The summed E-state index contributed by atoms with van der Waals surface area (Å²) in [6.45, 7) is 4.25. The number of phenols is 1. The van der Waals surface area contributed by atoms with Crippen LogP contribution in [0.4, 0.5) is 30.9 Å². The molecule has 1 aliphatic rings. The fraction of sp³-hybridized carbons (Fsp3) is 0.200. The standard InChI is InChI=1S/C30H25F3N8O3/c1-16-2-3-17(27(43)39-23-12-20(4-5-35-23)30(31,32)33)10-21(16)22-11-18-13-36-28(34)40-25(18)24(26(22)42)19-14-37-29(38-15-19)41-6-8-44-9-7-41/h2-5,10-15,42H,6-9H2,1H3,(H2,34,36,40)(H,35,39,43). The molecule has 0 saturated carbocycles. The van der Waals surface area contributed by atoms with E-state index >= 15 is 0 Å². The SMILES string of the molecule is Cc1ccc(C(=O)Nc2cc(C(F)(F)F)ccn2)cc1-c1cc2cnc(N)nc2c(-c2cnc(N3CCOCC3)nc2)c1O. The van der Waals surface area contributed by atoms with Crippen LogP contribution in [-0.4, -0.2) is 62.2 Å². The van der Waals surface area contributed by atoms with Gasteiger partial charge in [-0.3, -0.25) is 4.79 Å². The van der Waals surface area contributed by atoms with Crippen molar-refractivity contribution in [3.63, 3.8) is 0 Å². The number of nitrogens with two attached hydrogens (primary N) is 1. The van der Waals surface area contributed by atoms with Gasteiger partial charge in [0.15, 0.2) is 0 Å². The summed E-state index contributed by atoms with van der Waals surface area (Å²) < 4.78 is 44.8. The van der Waals surface area contributed by atoms with Crippen LogP contribution in [0.25, 0.3) is 33.2 Å². The quantitative estimate of drug-likeness (QED) is 0.254. The lowest BCUT2D eigenvalue weighted by Gasteiger charge is -2.26. The highest BCUT2D eigenvalue weighted by Crippen LogP contribution is 2.44. The second kappa shape index (κ2) is 11.4. The van der Waals surface area contributed by atoms with E-state index in [-0.39, 0.29) is 23.1 Å². The first-order valence-electron chi connectivity index (χ1n) is 13.5. The highest BCUT2D eigenvalue weighted by molar-refractivity contribution is 6.06. The van der Waals surface area contributed by atoms with Gasteiger partial charge in [0.05, 0.1) is 29.9 Å². The number of pyridine rings is 1. The number of rotatable bonds is 5. The Kier molecular flexibility index (Phi) is 7.43. The molecule has 3 aromatic heterocycles. The Labute approximate surface area is 248 Å². The topological polar surface area (TPSA) is 152 Å². The number of morpholine rings is 1. The number of halogens is 3. The molecular formula is C30H25F3N8O3. The molecule has 1 saturated heterocycles. The van der Waals surface area contributed by atoms with E-state index < -0.39 is 17.6 Å². The minimum absolute atomic E-state index is 0.00908. The van der Waals surface area contributed by atoms with E-state index in [1.807, 2.05) is 4.90 Å². The van der Waals surface area contributed by atoms with Gasteiger partial charge in [0.25, 0.3) is 5.91 Å². The molecule has 0 aliphatic carbocycles. The summed E-state index contributed by atoms with van der Waals surface area (Å²) in [6.07, 6.45) is 1.09. The van der Waals surface area contributed by atoms with Gasteiger partial charge >= 0.3 is 6.18 Å². The number of aryl methyl sites for hydroxylation is 1. The van der Waals surface area contributed by atoms with Crippen molar-refractivity contribution >= 4 is 34.5 Å². The first-order chi connectivity index (χ1) is 21.1. The number of ether oxygens (including phenoxy) is 1. The van der Waals surface area contributed by atoms with Crippen molar-refractivity contribution in [2.75, 3.05) is 42.3 Å². The number of hydrogen-bond donors (Lipinski definition) is 3. The van der Waals surface area contributed by atoms with Crippen molar-refractivity contribution in [2.45, 2.75) is 13.1 Å². The fourth-order valence-corrected chi connectivity index (χ4v) is 4.95. The van der Waals surface area contributed by atoms with Gasteiger partial charge in [-0.05, 0) is 48.4 Å². The van der Waals surface area contributed by atoms with Crippen molar-refractivity contribution in [3.05, 3.63) is 77.9 Å². The minimum Gasteiger partial charge on any atom is -0.507 e. The molecule has 2 aromatic carbocycles. The number of nitrogen functional groups attached to an aromatic ring is 1. The average Bonchev–Trinajstić information content (AvgIpc) is 3.01. The van der Waals surface area contributed by atoms with Crippen LogP contribution in [-0.2, 0) is 10.9 Å². The molecular weight excluding hydrogens is 577 g/mol. The number of carbonyl (C=O) groups excluding carboxylic acids is 1. The van der Waals surface area contributed by atoms with Crippen molar-refractivity contribution in [1.29, 1.82) is 0 Å². The molecule has 4 heterocycles. The summed E-state index contributed by atoms with van der Waals surface area (Å²) in [5.74, 6) is -0.552. The molecule has 4 N–H and O–H groups in total. The van der Waals surface area contributed by atoms with Crippen LogP contribution >= 0.6 is 0 Å². The Morgan fingerprint density at radius 1 is 1.00 bits per heavy atom. The zero-order valence-electron chi connectivity index (χ0n) is 23.3. The zero-order valence-corrected chi connectivity index (χ0v) is 23.3. The Balaban J connectivity index is 1.41. The molecule has 0 radical (unpaired) electrons. The Bertz CT molecular complexity index is 1880. The molecule has 224 valence electrons. The van der Waals surface area contributed by atoms with E-state index in [0.717, 1.165) is 23.9 Å². The number of nitrogens with zero attached hydrogens (tertiary/aromatic N) is 6. The number of aromatic nitrogens is 5. The highest BCUT2D eigenvalue weighted by Gasteiger charge is 2.31. The molecule has 1 amide bonds. The normalized spacial score (nSPS) is 13.7. The molecule has 1 fully saturated rings. The van der Waals surface area contributed by atoms with Crippen LogP contribution in [0.3, 0.4) is 0 Å². The van der Waals surface area contributed by atoms with E-state index in [1.165, 1.54) is 12.3 Å². The largest absolute Gasteiger partial charge is 0.507 e. The van der Waals surface area contributed by atoms with Crippen LogP contribution in [0, 0.1) is 6.92 Å². The van der Waals surface area contributed by atoms with Gasteiger partial charge in [0, 0.05) is 60.0 Å². The van der Waals surface area contributed by atoms with Gasteiger partial charge in [0.2, 0.25) is 11.9 Å². The highest BCUT2D eigenvalue weighted by atomic mass is 19.4. The van der Waals surface area contributed by atoms with Crippen LogP contribution in [0.5, 0.6) is 5.75 Å². The molecule has 0 spiro atoms. The molecule has 14 heteroatoms. The van der Waals surface area contributed by atoms with Crippen molar-refractivity contribution in [3.8, 4) is 28.0 Å². The summed E-state index contributed by atoms with van der Waals surface area (Å²) in [4.78, 5) is 36.4. The van der Waals surface area contributed by atoms with E-state index in [2.05, 4.69) is 30.2 Å². The van der Waals surface area contributed by atoms with E-state index in [0.29, 0.717) is 65.4 Å². The third-order valence-electron chi connectivity index (χ3n) is 7.20. The second-order valence-electron chi connectivity index (χ2n) is 10.1. The summed E-state index contributed by atoms with van der Waals surface area (Å²) in [5.41, 5.74) is 7.85. The van der Waals surface area contributed by atoms with Crippen molar-refractivity contribution in [1.82, 2.24) is 24.9 Å². The number of fused-ring (bicyclic) bond motifs is 1. The molecule has 0 bridgehead atoms. The van der Waals surface area contributed by atoms with E-state index in [1.54, 1.807) is 37.5 Å². The Hall–Kier alpha value is -5.37. The lowest BCUT2D eigenvalue weighted by molar-refractivity contribution is -0.137. The molecule has 11 nitrogen and oxygen atoms in total. The maximum atomic E-state index is 13.2. The van der Waals surface area contributed by atoms with Gasteiger partial charge in [-0.2, -0.15) is 13.2 Å². The smallest absolute Gasteiger partial charge is 0.416 e. The summed E-state index contributed by atoms with van der Waals surface area (Å²) in [6, 6.07) is 7.99. The van der Waals surface area contributed by atoms with Crippen molar-refractivity contribution in [2.24, 2.45) is 0 Å². The summed E-state index contributed by atoms with van der Waals surface area (Å²) in [5, 5.41) is 14.7. The van der Waals surface area contributed by atoms with Gasteiger partial charge in [0.1, 0.15) is 11.6 Å². The predicted octanol–water partition coefficient (Wildman–Crippen LogP) is 4.85. The number of nitrogens with one attached hydrogen (secondary N) is 1. The Morgan fingerprint density at radius 3 is 2.48 bits per heavy atom. The Morgan fingerprint density at radius 2 is 1.75 bits per heavy atom. The molecule has 0 atom stereocenters. The van der Waals surface area contributed by atoms with Crippen LogP contribution in [0.15, 0.2) is 61.2 Å². The number of amides is 1. The third kappa shape index (κ3) is 5.66. The average molecular weight is 603 g/mol. The zero-order chi connectivity index (χ0) is 31.0. The van der Waals surface area contributed by atoms with E-state index in [9.17, 15) is 23.1 Å². The monoisotopic (exact) mass is 602 g/mol. The number of alkyl halides is 3. The number of phenolic OH excluding ortho intramolecular Hbond substituents is 1. The molecule has 0 unspecified atom stereocenters. The molecule has 1 aliphatic heterocycles. The third-order valence-corrected chi connectivity index (χ3v) is 7.20. The van der Waals surface area contributed by atoms with Crippen LogP contribution < -0.4 is 16.0 Å². The minimum atomic E-state index is -4.59. The predicted molar refractivity (Wildman–Crippen MR) is 157 cm³/mol. The van der Waals surface area contributed by atoms with Gasteiger partial charge in [-0.15, -0.1) is 0 Å². The lowest BCUT2D eigenvalue weighted by atomic mass is 9.92. The number of hydrogen-bond acceptors (Lipinski definition) is 10. The molecule has 6 rings (SSSR count). The van der Waals surface area contributed by atoms with Gasteiger partial charge in [-0.1, -0.05) is 6.07 Å². The summed E-state index contributed by atoms with van der Waals surface area (Å²) >= 11 is 0. The number of carbonyl (C=O) groups is 1. The van der Waals surface area contributed by atoms with Gasteiger partial charge in [-0.25, -0.2) is 24.9 Å². The number of anilines is 3. The van der Waals surface area contributed by atoms with E-state index in [4.69, 9.17) is 10.5 Å². The van der Waals surface area contributed by atoms with Crippen LogP contribution in [0.2, 0.25) is 0 Å². The molecule has 5 aromatic rings. The first kappa shape index (κ1) is 28.7. The fourth-order valence-electron chi connectivity index (χ4n) is 4.95. The van der Waals surface area contributed by atoms with Gasteiger partial charge < -0.3 is 25.8 Å². The number of aromatic hydroxyl groups is 1. The first-order valence-corrected chi connectivity index (χ1v) is 13.5. The van der Waals surface area contributed by atoms with Crippen molar-refractivity contribution < 1.29 is 27.8 Å².